The van der Waals surface area contributed by atoms with E-state index in [1.54, 1.807) is 6.07 Å². The van der Waals surface area contributed by atoms with Crippen molar-refractivity contribution in [3.05, 3.63) is 23.3 Å². The van der Waals surface area contributed by atoms with E-state index in [0.29, 0.717) is 0 Å². The summed E-state index contributed by atoms with van der Waals surface area (Å²) in [6, 6.07) is 3.49. The minimum atomic E-state index is -3.73. The van der Waals surface area contributed by atoms with Crippen LogP contribution in [-0.2, 0) is 9.05 Å². The van der Waals surface area contributed by atoms with Crippen LogP contribution in [0.15, 0.2) is 17.0 Å². The van der Waals surface area contributed by atoms with Gasteiger partial charge in [0.2, 0.25) is 0 Å². The fraction of sp³-hybridized carbons (Fsp3) is 0.625. The SMILES string of the molecule is Cc1cc(S(=O)(=O)Cl)c(C(C)C)cc1OC1CCCCC1. The average molecular weight is 331 g/mol. The van der Waals surface area contributed by atoms with Gasteiger partial charge in [0.25, 0.3) is 9.05 Å². The maximum absolute atomic E-state index is 11.7. The van der Waals surface area contributed by atoms with Gasteiger partial charge in [0.05, 0.1) is 11.0 Å². The number of halogens is 1. The van der Waals surface area contributed by atoms with Gasteiger partial charge in [-0.05, 0) is 61.8 Å². The average Bonchev–Trinajstić information content (AvgIpc) is 2.40. The summed E-state index contributed by atoms with van der Waals surface area (Å²) in [6.45, 7) is 5.79. The van der Waals surface area contributed by atoms with Gasteiger partial charge in [-0.2, -0.15) is 0 Å². The smallest absolute Gasteiger partial charge is 0.261 e. The van der Waals surface area contributed by atoms with E-state index in [1.807, 2.05) is 26.8 Å². The second-order valence-electron chi connectivity index (χ2n) is 6.13. The number of aryl methyl sites for hydroxylation is 1. The van der Waals surface area contributed by atoms with Gasteiger partial charge in [0.15, 0.2) is 0 Å². The van der Waals surface area contributed by atoms with Gasteiger partial charge >= 0.3 is 0 Å². The Bertz CT molecular complexity index is 602. The Balaban J connectivity index is 2.36. The van der Waals surface area contributed by atoms with E-state index in [0.717, 1.165) is 29.7 Å². The summed E-state index contributed by atoms with van der Waals surface area (Å²) < 4.78 is 29.6. The third-order valence-corrected chi connectivity index (χ3v) is 5.42. The molecule has 0 amide bonds. The van der Waals surface area contributed by atoms with Crippen molar-refractivity contribution in [3.8, 4) is 5.75 Å². The van der Waals surface area contributed by atoms with Crippen LogP contribution in [0.25, 0.3) is 0 Å². The number of hydrogen-bond acceptors (Lipinski definition) is 3. The lowest BCUT2D eigenvalue weighted by Gasteiger charge is -2.25. The van der Waals surface area contributed by atoms with E-state index in [2.05, 4.69) is 0 Å². The molecule has 0 aliphatic heterocycles. The maximum atomic E-state index is 11.7. The first-order valence-electron chi connectivity index (χ1n) is 7.55. The molecule has 5 heteroatoms. The fourth-order valence-electron chi connectivity index (χ4n) is 2.83. The molecule has 1 aliphatic carbocycles. The molecule has 2 rings (SSSR count). The van der Waals surface area contributed by atoms with Crippen LogP contribution in [0.5, 0.6) is 5.75 Å². The van der Waals surface area contributed by atoms with Crippen molar-refractivity contribution in [2.24, 2.45) is 0 Å². The summed E-state index contributed by atoms with van der Waals surface area (Å²) in [6.07, 6.45) is 6.08. The molecular formula is C16H23ClO3S. The molecule has 0 saturated heterocycles. The molecule has 21 heavy (non-hydrogen) atoms. The number of hydrogen-bond donors (Lipinski definition) is 0. The Morgan fingerprint density at radius 3 is 2.33 bits per heavy atom. The van der Waals surface area contributed by atoms with Crippen LogP contribution in [-0.4, -0.2) is 14.5 Å². The summed E-state index contributed by atoms with van der Waals surface area (Å²) >= 11 is 0. The zero-order valence-electron chi connectivity index (χ0n) is 12.9. The normalized spacial score (nSPS) is 17.2. The molecule has 3 nitrogen and oxygen atoms in total. The van der Waals surface area contributed by atoms with E-state index in [9.17, 15) is 8.42 Å². The molecule has 1 aromatic carbocycles. The van der Waals surface area contributed by atoms with Crippen LogP contribution in [0.2, 0.25) is 0 Å². The lowest BCUT2D eigenvalue weighted by Crippen LogP contribution is -2.20. The minimum Gasteiger partial charge on any atom is -0.490 e. The van der Waals surface area contributed by atoms with Crippen LogP contribution >= 0.6 is 10.7 Å². The molecule has 0 spiro atoms. The van der Waals surface area contributed by atoms with Gasteiger partial charge < -0.3 is 4.74 Å². The summed E-state index contributed by atoms with van der Waals surface area (Å²) in [5.41, 5.74) is 1.55. The highest BCUT2D eigenvalue weighted by Gasteiger charge is 2.22. The van der Waals surface area contributed by atoms with Crippen LogP contribution in [0.4, 0.5) is 0 Å². The van der Waals surface area contributed by atoms with Crippen molar-refractivity contribution >= 4 is 19.7 Å². The first-order valence-corrected chi connectivity index (χ1v) is 9.86. The molecule has 1 aliphatic rings. The van der Waals surface area contributed by atoms with E-state index in [1.165, 1.54) is 19.3 Å². The van der Waals surface area contributed by atoms with Crippen molar-refractivity contribution in [2.45, 2.75) is 69.8 Å². The van der Waals surface area contributed by atoms with Crippen molar-refractivity contribution < 1.29 is 13.2 Å². The molecule has 1 saturated carbocycles. The Morgan fingerprint density at radius 1 is 1.19 bits per heavy atom. The topological polar surface area (TPSA) is 43.4 Å². The number of ether oxygens (including phenoxy) is 1. The van der Waals surface area contributed by atoms with Crippen molar-refractivity contribution in [1.29, 1.82) is 0 Å². The van der Waals surface area contributed by atoms with E-state index >= 15 is 0 Å². The van der Waals surface area contributed by atoms with Crippen LogP contribution < -0.4 is 4.74 Å². The second-order valence-corrected chi connectivity index (χ2v) is 8.66. The Kier molecular flexibility index (Phi) is 5.20. The fourth-order valence-corrected chi connectivity index (χ4v) is 4.12. The minimum absolute atomic E-state index is 0.0721. The van der Waals surface area contributed by atoms with Crippen LogP contribution in [0.1, 0.15) is 63.0 Å². The first-order chi connectivity index (χ1) is 9.79. The predicted molar refractivity (Wildman–Crippen MR) is 85.8 cm³/mol. The van der Waals surface area contributed by atoms with E-state index in [4.69, 9.17) is 15.4 Å². The summed E-state index contributed by atoms with van der Waals surface area (Å²) in [5, 5.41) is 0. The molecule has 1 aromatic rings. The summed E-state index contributed by atoms with van der Waals surface area (Å²) in [5.74, 6) is 0.859. The lowest BCUT2D eigenvalue weighted by atomic mass is 9.97. The Hall–Kier alpha value is -0.740. The third-order valence-electron chi connectivity index (χ3n) is 4.04. The molecule has 0 N–H and O–H groups in total. The van der Waals surface area contributed by atoms with Gasteiger partial charge in [-0.25, -0.2) is 8.42 Å². The highest BCUT2D eigenvalue weighted by atomic mass is 35.7. The lowest BCUT2D eigenvalue weighted by molar-refractivity contribution is 0.153. The zero-order valence-corrected chi connectivity index (χ0v) is 14.4. The standard InChI is InChI=1S/C16H23ClO3S/c1-11(2)14-10-15(20-13-7-5-4-6-8-13)12(3)9-16(14)21(17,18)19/h9-11,13H,4-8H2,1-3H3. The Labute approximate surface area is 132 Å². The summed E-state index contributed by atoms with van der Waals surface area (Å²) in [4.78, 5) is 0.202. The van der Waals surface area contributed by atoms with Crippen LogP contribution in [0.3, 0.4) is 0 Å². The predicted octanol–water partition coefficient (Wildman–Crippen LogP) is 4.76. The van der Waals surface area contributed by atoms with Gasteiger partial charge in [0.1, 0.15) is 5.75 Å². The molecule has 118 valence electrons. The third kappa shape index (κ3) is 4.13. The van der Waals surface area contributed by atoms with E-state index < -0.39 is 9.05 Å². The number of benzene rings is 1. The molecule has 1 fully saturated rings. The Morgan fingerprint density at radius 2 is 1.81 bits per heavy atom. The monoisotopic (exact) mass is 330 g/mol. The quantitative estimate of drug-likeness (QED) is 0.748. The van der Waals surface area contributed by atoms with Gasteiger partial charge in [-0.15, -0.1) is 0 Å². The maximum Gasteiger partial charge on any atom is 0.261 e. The first kappa shape index (κ1) is 16.6. The highest BCUT2D eigenvalue weighted by Crippen LogP contribution is 2.34. The molecule has 0 heterocycles. The number of rotatable bonds is 4. The molecular weight excluding hydrogens is 308 g/mol. The molecule has 0 bridgehead atoms. The van der Waals surface area contributed by atoms with Crippen molar-refractivity contribution in [2.75, 3.05) is 0 Å². The second kappa shape index (κ2) is 6.57. The summed E-state index contributed by atoms with van der Waals surface area (Å²) in [7, 11) is 1.82. The van der Waals surface area contributed by atoms with Crippen molar-refractivity contribution in [1.82, 2.24) is 0 Å². The van der Waals surface area contributed by atoms with Crippen LogP contribution in [0, 0.1) is 6.92 Å². The largest absolute Gasteiger partial charge is 0.490 e. The molecule has 0 radical (unpaired) electrons. The van der Waals surface area contributed by atoms with Gasteiger partial charge in [-0.3, -0.25) is 0 Å². The molecule has 0 unspecified atom stereocenters. The van der Waals surface area contributed by atoms with E-state index in [-0.39, 0.29) is 16.9 Å². The molecule has 0 atom stereocenters. The highest BCUT2D eigenvalue weighted by molar-refractivity contribution is 8.13. The molecule has 0 aromatic heterocycles. The van der Waals surface area contributed by atoms with Crippen molar-refractivity contribution in [3.63, 3.8) is 0 Å². The zero-order chi connectivity index (χ0) is 15.6. The van der Waals surface area contributed by atoms with Gasteiger partial charge in [0, 0.05) is 10.7 Å². The van der Waals surface area contributed by atoms with Gasteiger partial charge in [-0.1, -0.05) is 20.3 Å².